The lowest BCUT2D eigenvalue weighted by Crippen LogP contribution is -2.30. The molecular formula is C17H25N5O3. The van der Waals surface area contributed by atoms with E-state index >= 15 is 0 Å². The van der Waals surface area contributed by atoms with Crippen LogP contribution in [0.4, 0.5) is 5.69 Å². The molecule has 25 heavy (non-hydrogen) atoms. The predicted molar refractivity (Wildman–Crippen MR) is 93.8 cm³/mol. The van der Waals surface area contributed by atoms with E-state index in [4.69, 9.17) is 19.7 Å². The van der Waals surface area contributed by atoms with Gasteiger partial charge in [0.25, 0.3) is 0 Å². The molecule has 0 aliphatic carbocycles. The zero-order valence-corrected chi connectivity index (χ0v) is 14.8. The molecule has 2 heterocycles. The number of hydrogen-bond acceptors (Lipinski definition) is 8. The maximum atomic E-state index is 5.51. The van der Waals surface area contributed by atoms with Crippen LogP contribution in [0.5, 0.6) is 11.5 Å². The van der Waals surface area contributed by atoms with Crippen LogP contribution in [0.1, 0.15) is 18.1 Å². The Morgan fingerprint density at radius 3 is 2.48 bits per heavy atom. The minimum atomic E-state index is 0.276. The van der Waals surface area contributed by atoms with Crippen LogP contribution in [0.3, 0.4) is 0 Å². The summed E-state index contributed by atoms with van der Waals surface area (Å²) in [6.07, 6.45) is 1.06. The van der Waals surface area contributed by atoms with Crippen molar-refractivity contribution in [1.29, 1.82) is 0 Å². The lowest BCUT2D eigenvalue weighted by Gasteiger charge is -2.24. The van der Waals surface area contributed by atoms with Crippen molar-refractivity contribution in [2.45, 2.75) is 19.5 Å². The van der Waals surface area contributed by atoms with Gasteiger partial charge in [-0.1, -0.05) is 5.16 Å². The van der Waals surface area contributed by atoms with Crippen molar-refractivity contribution >= 4 is 5.69 Å². The van der Waals surface area contributed by atoms with Crippen LogP contribution in [0.15, 0.2) is 22.7 Å². The zero-order valence-electron chi connectivity index (χ0n) is 14.8. The van der Waals surface area contributed by atoms with Crippen LogP contribution in [0.2, 0.25) is 0 Å². The van der Waals surface area contributed by atoms with Crippen molar-refractivity contribution in [3.8, 4) is 11.5 Å². The second-order valence-electron chi connectivity index (χ2n) is 6.00. The van der Waals surface area contributed by atoms with Crippen molar-refractivity contribution in [3.05, 3.63) is 29.9 Å². The molecule has 1 aromatic heterocycles. The molecular weight excluding hydrogens is 322 g/mol. The highest BCUT2D eigenvalue weighted by atomic mass is 16.5. The standard InChI is InChI=1S/C17H25N5O3/c1-23-14-8-13(9-15(10-14)24-2)22-5-3-4-21(6-7-22)12-16-19-17(11-18)25-20-16/h8-10H,3-7,11-12,18H2,1-2H3. The molecule has 0 radical (unpaired) electrons. The van der Waals surface area contributed by atoms with Gasteiger partial charge in [-0.05, 0) is 6.42 Å². The average Bonchev–Trinajstić information content (AvgIpc) is 2.98. The van der Waals surface area contributed by atoms with E-state index in [1.807, 2.05) is 18.2 Å². The topological polar surface area (TPSA) is 89.9 Å². The number of ether oxygens (including phenoxy) is 2. The molecule has 2 aromatic rings. The fraction of sp³-hybridized carbons (Fsp3) is 0.529. The molecule has 8 nitrogen and oxygen atoms in total. The number of hydrogen-bond donors (Lipinski definition) is 1. The van der Waals surface area contributed by atoms with Gasteiger partial charge in [-0.3, -0.25) is 4.90 Å². The summed E-state index contributed by atoms with van der Waals surface area (Å²) < 4.78 is 15.8. The maximum absolute atomic E-state index is 5.51. The molecule has 1 fully saturated rings. The molecule has 0 unspecified atom stereocenters. The summed E-state index contributed by atoms with van der Waals surface area (Å²) in [6, 6.07) is 5.98. The number of nitrogens with zero attached hydrogens (tertiary/aromatic N) is 4. The summed E-state index contributed by atoms with van der Waals surface area (Å²) in [6.45, 7) is 4.76. The third kappa shape index (κ3) is 4.40. The van der Waals surface area contributed by atoms with Crippen LogP contribution in [-0.2, 0) is 13.1 Å². The minimum absolute atomic E-state index is 0.276. The molecule has 8 heteroatoms. The first kappa shape index (κ1) is 17.5. The molecule has 1 saturated heterocycles. The molecule has 1 aliphatic heterocycles. The molecule has 136 valence electrons. The summed E-state index contributed by atoms with van der Waals surface area (Å²) in [5, 5.41) is 3.98. The SMILES string of the molecule is COc1cc(OC)cc(N2CCCN(Cc3noc(CN)n3)CC2)c1. The molecule has 0 saturated carbocycles. The summed E-state index contributed by atoms with van der Waals surface area (Å²) in [4.78, 5) is 8.97. The van der Waals surface area contributed by atoms with Crippen molar-refractivity contribution in [2.75, 3.05) is 45.3 Å². The van der Waals surface area contributed by atoms with E-state index in [1.54, 1.807) is 14.2 Å². The molecule has 0 atom stereocenters. The van der Waals surface area contributed by atoms with Gasteiger partial charge < -0.3 is 24.6 Å². The summed E-state index contributed by atoms with van der Waals surface area (Å²) in [5.41, 5.74) is 6.63. The van der Waals surface area contributed by atoms with Gasteiger partial charge in [0.2, 0.25) is 5.89 Å². The van der Waals surface area contributed by atoms with Gasteiger partial charge in [-0.15, -0.1) is 0 Å². The fourth-order valence-corrected chi connectivity index (χ4v) is 3.00. The summed E-state index contributed by atoms with van der Waals surface area (Å²) in [5.74, 6) is 2.78. The number of methoxy groups -OCH3 is 2. The van der Waals surface area contributed by atoms with Crippen LogP contribution in [0.25, 0.3) is 0 Å². The Labute approximate surface area is 147 Å². The highest BCUT2D eigenvalue weighted by Gasteiger charge is 2.18. The average molecular weight is 347 g/mol. The Bertz CT molecular complexity index is 668. The Kier molecular flexibility index (Phi) is 5.72. The van der Waals surface area contributed by atoms with Gasteiger partial charge in [0.05, 0.1) is 27.3 Å². The third-order valence-electron chi connectivity index (χ3n) is 4.34. The zero-order chi connectivity index (χ0) is 17.6. The van der Waals surface area contributed by atoms with E-state index < -0.39 is 0 Å². The van der Waals surface area contributed by atoms with Crippen LogP contribution in [-0.4, -0.2) is 55.4 Å². The van der Waals surface area contributed by atoms with Crippen molar-refractivity contribution in [3.63, 3.8) is 0 Å². The third-order valence-corrected chi connectivity index (χ3v) is 4.34. The van der Waals surface area contributed by atoms with E-state index in [0.29, 0.717) is 18.3 Å². The van der Waals surface area contributed by atoms with Crippen LogP contribution in [0, 0.1) is 0 Å². The first-order valence-electron chi connectivity index (χ1n) is 8.43. The first-order valence-corrected chi connectivity index (χ1v) is 8.43. The minimum Gasteiger partial charge on any atom is -0.497 e. The number of nitrogens with two attached hydrogens (primary N) is 1. The van der Waals surface area contributed by atoms with E-state index in [0.717, 1.165) is 49.8 Å². The summed E-state index contributed by atoms with van der Waals surface area (Å²) >= 11 is 0. The first-order chi connectivity index (χ1) is 12.2. The van der Waals surface area contributed by atoms with E-state index in [2.05, 4.69) is 19.9 Å². The van der Waals surface area contributed by atoms with Crippen molar-refractivity contribution in [1.82, 2.24) is 15.0 Å². The Morgan fingerprint density at radius 2 is 1.84 bits per heavy atom. The summed E-state index contributed by atoms with van der Waals surface area (Å²) in [7, 11) is 3.34. The number of rotatable bonds is 6. The Hall–Kier alpha value is -2.32. The smallest absolute Gasteiger partial charge is 0.240 e. The molecule has 2 N–H and O–H groups in total. The quantitative estimate of drug-likeness (QED) is 0.835. The predicted octanol–water partition coefficient (Wildman–Crippen LogP) is 1.26. The second-order valence-corrected chi connectivity index (χ2v) is 6.00. The lowest BCUT2D eigenvalue weighted by atomic mass is 10.2. The number of anilines is 1. The number of benzene rings is 1. The molecule has 3 rings (SSSR count). The van der Waals surface area contributed by atoms with Crippen molar-refractivity contribution < 1.29 is 14.0 Å². The van der Waals surface area contributed by atoms with Gasteiger partial charge >= 0.3 is 0 Å². The number of aromatic nitrogens is 2. The molecule has 1 aliphatic rings. The second kappa shape index (κ2) is 8.17. The van der Waals surface area contributed by atoms with E-state index in [9.17, 15) is 0 Å². The highest BCUT2D eigenvalue weighted by molar-refractivity contribution is 5.55. The molecule has 0 bridgehead atoms. The van der Waals surface area contributed by atoms with Crippen molar-refractivity contribution in [2.24, 2.45) is 5.73 Å². The highest BCUT2D eigenvalue weighted by Crippen LogP contribution is 2.29. The van der Waals surface area contributed by atoms with Gasteiger partial charge in [0, 0.05) is 50.1 Å². The largest absolute Gasteiger partial charge is 0.497 e. The maximum Gasteiger partial charge on any atom is 0.240 e. The van der Waals surface area contributed by atoms with Gasteiger partial charge in [-0.25, -0.2) is 0 Å². The molecule has 0 amide bonds. The van der Waals surface area contributed by atoms with Gasteiger partial charge in [-0.2, -0.15) is 4.98 Å². The Morgan fingerprint density at radius 1 is 1.08 bits per heavy atom. The lowest BCUT2D eigenvalue weighted by molar-refractivity contribution is 0.271. The van der Waals surface area contributed by atoms with Gasteiger partial charge in [0.15, 0.2) is 5.82 Å². The molecule has 0 spiro atoms. The fourth-order valence-electron chi connectivity index (χ4n) is 3.00. The Balaban J connectivity index is 1.65. The molecule has 1 aromatic carbocycles. The monoisotopic (exact) mass is 347 g/mol. The van der Waals surface area contributed by atoms with Crippen LogP contribution >= 0.6 is 0 Å². The normalized spacial score (nSPS) is 15.9. The van der Waals surface area contributed by atoms with Crippen LogP contribution < -0.4 is 20.1 Å². The van der Waals surface area contributed by atoms with E-state index in [-0.39, 0.29) is 6.54 Å². The van der Waals surface area contributed by atoms with E-state index in [1.165, 1.54) is 0 Å². The van der Waals surface area contributed by atoms with Gasteiger partial charge in [0.1, 0.15) is 11.5 Å².